The van der Waals surface area contributed by atoms with E-state index in [0.29, 0.717) is 28.3 Å². The van der Waals surface area contributed by atoms with Crippen molar-refractivity contribution in [2.75, 3.05) is 5.73 Å². The van der Waals surface area contributed by atoms with Crippen molar-refractivity contribution in [3.8, 4) is 5.82 Å². The maximum atomic E-state index is 12.8. The molecule has 0 saturated carbocycles. The molecule has 0 amide bonds. The minimum atomic E-state index is -0.607. The molecule has 0 bridgehead atoms. The normalized spacial score (nSPS) is 11.4. The molecule has 0 aliphatic rings. The van der Waals surface area contributed by atoms with Crippen molar-refractivity contribution in [1.82, 2.24) is 14.3 Å². The van der Waals surface area contributed by atoms with Crippen molar-refractivity contribution in [1.29, 1.82) is 0 Å². The van der Waals surface area contributed by atoms with E-state index in [-0.39, 0.29) is 0 Å². The molecule has 0 fully saturated rings. The number of nitrogens with zero attached hydrogens (tertiary/aromatic N) is 4. The molecule has 2 heterocycles. The molecule has 0 atom stereocenters. The van der Waals surface area contributed by atoms with Gasteiger partial charge in [-0.25, -0.2) is 4.79 Å². The average Bonchev–Trinajstić information content (AvgIpc) is 3.39. The number of aromatic nitrogens is 3. The summed E-state index contributed by atoms with van der Waals surface area (Å²) < 4.78 is 3.40. The Bertz CT molecular complexity index is 1160. The van der Waals surface area contributed by atoms with Crippen molar-refractivity contribution in [3.63, 3.8) is 0 Å². The van der Waals surface area contributed by atoms with Crippen LogP contribution in [0, 0.1) is 0 Å². The number of aryl methyl sites for hydroxylation is 1. The summed E-state index contributed by atoms with van der Waals surface area (Å²) in [6.07, 6.45) is 5.13. The van der Waals surface area contributed by atoms with Gasteiger partial charge in [0.25, 0.3) is 0 Å². The molecule has 144 valence electrons. The molecule has 0 aliphatic heterocycles. The van der Waals surface area contributed by atoms with Gasteiger partial charge in [0.05, 0.1) is 6.20 Å². The third kappa shape index (κ3) is 3.66. The van der Waals surface area contributed by atoms with Gasteiger partial charge in [0.15, 0.2) is 0 Å². The fourth-order valence-corrected chi connectivity index (χ4v) is 3.06. The lowest BCUT2D eigenvalue weighted by Crippen LogP contribution is -2.11. The van der Waals surface area contributed by atoms with Gasteiger partial charge < -0.3 is 15.1 Å². The summed E-state index contributed by atoms with van der Waals surface area (Å²) >= 11 is 0. The van der Waals surface area contributed by atoms with E-state index in [1.54, 1.807) is 22.4 Å². The number of nitrogens with two attached hydrogens (primary N) is 1. The lowest BCUT2D eigenvalue weighted by molar-refractivity contribution is 0.0517. The summed E-state index contributed by atoms with van der Waals surface area (Å²) in [6.45, 7) is 0. The molecule has 0 unspecified atom stereocenters. The molecule has 7 nitrogen and oxygen atoms in total. The monoisotopic (exact) mass is 385 g/mol. The molecular formula is C22H19N5O2. The van der Waals surface area contributed by atoms with Crippen LogP contribution < -0.4 is 5.73 Å². The summed E-state index contributed by atoms with van der Waals surface area (Å²) in [6, 6.07) is 20.5. The summed E-state index contributed by atoms with van der Waals surface area (Å²) in [5.41, 5.74) is 8.92. The molecular weight excluding hydrogens is 366 g/mol. The first-order chi connectivity index (χ1) is 14.1. The fourth-order valence-electron chi connectivity index (χ4n) is 3.06. The van der Waals surface area contributed by atoms with Crippen LogP contribution in [0.5, 0.6) is 0 Å². The number of para-hydroxylation sites is 1. The average molecular weight is 385 g/mol. The molecule has 2 aromatic heterocycles. The van der Waals surface area contributed by atoms with Crippen molar-refractivity contribution >= 4 is 17.4 Å². The summed E-state index contributed by atoms with van der Waals surface area (Å²) in [4.78, 5) is 18.1. The van der Waals surface area contributed by atoms with Gasteiger partial charge in [-0.2, -0.15) is 5.10 Å². The molecule has 0 saturated heterocycles. The van der Waals surface area contributed by atoms with Crippen LogP contribution in [0.4, 0.5) is 5.69 Å². The molecule has 2 aromatic carbocycles. The molecule has 4 rings (SSSR count). The number of oxime groups is 1. The molecule has 7 heteroatoms. The molecule has 29 heavy (non-hydrogen) atoms. The predicted molar refractivity (Wildman–Crippen MR) is 111 cm³/mol. The van der Waals surface area contributed by atoms with E-state index in [9.17, 15) is 4.79 Å². The maximum Gasteiger partial charge on any atom is 0.371 e. The Morgan fingerprint density at radius 2 is 1.66 bits per heavy atom. The van der Waals surface area contributed by atoms with E-state index in [1.807, 2.05) is 73.1 Å². The maximum absolute atomic E-state index is 12.8. The number of hydrogen-bond acceptors (Lipinski definition) is 5. The number of carbonyl (C=O) groups excluding carboxylic acids is 1. The highest BCUT2D eigenvalue weighted by Crippen LogP contribution is 2.19. The Morgan fingerprint density at radius 1 is 0.966 bits per heavy atom. The van der Waals surface area contributed by atoms with E-state index in [1.165, 1.54) is 6.20 Å². The Kier molecular flexibility index (Phi) is 4.94. The summed E-state index contributed by atoms with van der Waals surface area (Å²) in [5.74, 6) is -0.0135. The van der Waals surface area contributed by atoms with Crippen LogP contribution in [-0.4, -0.2) is 26.0 Å². The van der Waals surface area contributed by atoms with Gasteiger partial charge in [-0.05, 0) is 18.2 Å². The lowest BCUT2D eigenvalue weighted by Gasteiger charge is -2.10. The molecule has 0 spiro atoms. The van der Waals surface area contributed by atoms with Gasteiger partial charge >= 0.3 is 5.97 Å². The summed E-state index contributed by atoms with van der Waals surface area (Å²) in [7, 11) is 1.76. The number of nitrogen functional groups attached to an aromatic ring is 1. The smallest absolute Gasteiger partial charge is 0.371 e. The molecule has 0 aliphatic carbocycles. The van der Waals surface area contributed by atoms with Crippen LogP contribution in [0.15, 0.2) is 90.5 Å². The van der Waals surface area contributed by atoms with Gasteiger partial charge in [-0.1, -0.05) is 53.7 Å². The number of hydrogen-bond donors (Lipinski definition) is 1. The van der Waals surface area contributed by atoms with E-state index < -0.39 is 5.97 Å². The van der Waals surface area contributed by atoms with Crippen LogP contribution in [0.2, 0.25) is 0 Å². The van der Waals surface area contributed by atoms with Gasteiger partial charge in [0.1, 0.15) is 17.1 Å². The first-order valence-electron chi connectivity index (χ1n) is 9.00. The van der Waals surface area contributed by atoms with Crippen LogP contribution in [-0.2, 0) is 11.9 Å². The fraction of sp³-hybridized carbons (Fsp3) is 0.0455. The largest absolute Gasteiger partial charge is 0.398 e. The van der Waals surface area contributed by atoms with Crippen molar-refractivity contribution < 1.29 is 9.63 Å². The van der Waals surface area contributed by atoms with E-state index in [0.717, 1.165) is 5.56 Å². The molecule has 0 radical (unpaired) electrons. The van der Waals surface area contributed by atoms with E-state index >= 15 is 0 Å². The molecule has 2 N–H and O–H groups in total. The zero-order chi connectivity index (χ0) is 20.2. The highest BCUT2D eigenvalue weighted by Gasteiger charge is 2.20. The van der Waals surface area contributed by atoms with E-state index in [2.05, 4.69) is 10.3 Å². The minimum Gasteiger partial charge on any atom is -0.398 e. The van der Waals surface area contributed by atoms with Gasteiger partial charge in [0, 0.05) is 36.3 Å². The Balaban J connectivity index is 1.71. The third-order valence-electron chi connectivity index (χ3n) is 4.46. The van der Waals surface area contributed by atoms with Crippen LogP contribution >= 0.6 is 0 Å². The van der Waals surface area contributed by atoms with Crippen molar-refractivity contribution in [3.05, 3.63) is 102 Å². The van der Waals surface area contributed by atoms with Crippen molar-refractivity contribution in [2.45, 2.75) is 0 Å². The number of anilines is 1. The van der Waals surface area contributed by atoms with Gasteiger partial charge in [-0.3, -0.25) is 4.68 Å². The van der Waals surface area contributed by atoms with Crippen molar-refractivity contribution in [2.24, 2.45) is 12.2 Å². The Labute approximate surface area is 167 Å². The number of benzene rings is 2. The summed E-state index contributed by atoms with van der Waals surface area (Å²) in [5, 5.41) is 8.35. The van der Waals surface area contributed by atoms with Gasteiger partial charge in [0.2, 0.25) is 0 Å². The lowest BCUT2D eigenvalue weighted by atomic mass is 10.0. The topological polar surface area (TPSA) is 87.4 Å². The SMILES string of the molecule is Cn1ncc(C(=O)O/N=C(/c2ccccc2)c2ccccc2N)c1-n1cccc1. The van der Waals surface area contributed by atoms with Crippen LogP contribution in [0.1, 0.15) is 21.5 Å². The van der Waals surface area contributed by atoms with E-state index in [4.69, 9.17) is 10.6 Å². The molecule has 4 aromatic rings. The first kappa shape index (κ1) is 18.2. The second-order valence-electron chi connectivity index (χ2n) is 6.37. The minimum absolute atomic E-state index is 0.306. The second-order valence-corrected chi connectivity index (χ2v) is 6.37. The highest BCUT2D eigenvalue weighted by molar-refractivity contribution is 6.15. The number of rotatable bonds is 5. The quantitative estimate of drug-likeness (QED) is 0.247. The third-order valence-corrected chi connectivity index (χ3v) is 4.46. The zero-order valence-corrected chi connectivity index (χ0v) is 15.8. The van der Waals surface area contributed by atoms with Crippen LogP contribution in [0.3, 0.4) is 0 Å². The second kappa shape index (κ2) is 7.85. The van der Waals surface area contributed by atoms with Crippen LogP contribution in [0.25, 0.3) is 5.82 Å². The zero-order valence-electron chi connectivity index (χ0n) is 15.8. The first-order valence-corrected chi connectivity index (χ1v) is 9.00. The van der Waals surface area contributed by atoms with Gasteiger partial charge in [-0.15, -0.1) is 0 Å². The highest BCUT2D eigenvalue weighted by atomic mass is 16.7. The Hall–Kier alpha value is -4.13. The standard InChI is InChI=1S/C22H19N5O2/c1-26-21(27-13-7-8-14-27)18(15-24-26)22(28)29-25-20(16-9-3-2-4-10-16)17-11-5-6-12-19(17)23/h2-15H,23H2,1H3/b25-20-. The Morgan fingerprint density at radius 3 is 2.38 bits per heavy atom. The predicted octanol–water partition coefficient (Wildman–Crippen LogP) is 3.40. The number of carbonyl (C=O) groups is 1.